The van der Waals surface area contributed by atoms with Crippen LogP contribution in [0.1, 0.15) is 5.56 Å². The number of ether oxygens (including phenoxy) is 1. The van der Waals surface area contributed by atoms with Crippen molar-refractivity contribution >= 4 is 46.0 Å². The Balaban J connectivity index is 1.83. The molecule has 1 fully saturated rings. The van der Waals surface area contributed by atoms with E-state index in [1.54, 1.807) is 23.6 Å². The van der Waals surface area contributed by atoms with Crippen LogP contribution in [0, 0.1) is 0 Å². The Morgan fingerprint density at radius 1 is 1.25 bits per heavy atom. The summed E-state index contributed by atoms with van der Waals surface area (Å²) in [5.41, 5.74) is 3.33. The number of amides is 1. The molecule has 0 spiro atoms. The van der Waals surface area contributed by atoms with Gasteiger partial charge in [0, 0.05) is 12.1 Å². The molecule has 2 aromatic rings. The van der Waals surface area contributed by atoms with E-state index in [1.807, 2.05) is 30.3 Å². The lowest BCUT2D eigenvalue weighted by Crippen LogP contribution is -2.89. The smallest absolute Gasteiger partial charge is 0.312 e. The minimum absolute atomic E-state index is 0.181. The van der Waals surface area contributed by atoms with Gasteiger partial charge in [0.05, 0.1) is 12.0 Å². The third-order valence-electron chi connectivity index (χ3n) is 3.39. The molecule has 0 aliphatic carbocycles. The van der Waals surface area contributed by atoms with Crippen LogP contribution in [-0.2, 0) is 4.79 Å². The molecule has 0 saturated carbocycles. The number of benzene rings is 2. The number of nitrogens with two attached hydrogens (primary N) is 1. The van der Waals surface area contributed by atoms with E-state index in [1.165, 1.54) is 29.9 Å². The van der Waals surface area contributed by atoms with Crippen LogP contribution in [-0.4, -0.2) is 22.3 Å². The second-order valence-corrected chi connectivity index (χ2v) is 6.68. The third kappa shape index (κ3) is 3.43. The van der Waals surface area contributed by atoms with Gasteiger partial charge in [-0.15, -0.1) is 5.01 Å². The van der Waals surface area contributed by atoms with Crippen LogP contribution in [0.5, 0.6) is 11.5 Å². The molecule has 1 heterocycles. The lowest BCUT2D eigenvalue weighted by atomic mass is 10.2. The van der Waals surface area contributed by atoms with Crippen molar-refractivity contribution in [3.63, 3.8) is 0 Å². The number of nitrogens with zero attached hydrogens (tertiary/aromatic N) is 1. The molecule has 0 aromatic heterocycles. The largest absolute Gasteiger partial charge is 0.870 e. The maximum Gasteiger partial charge on any atom is 0.312 e. The van der Waals surface area contributed by atoms with Gasteiger partial charge in [-0.05, 0) is 41.7 Å². The van der Waals surface area contributed by atoms with Gasteiger partial charge in [-0.3, -0.25) is 4.79 Å². The van der Waals surface area contributed by atoms with Crippen molar-refractivity contribution in [3.05, 3.63) is 59.0 Å². The van der Waals surface area contributed by atoms with Crippen molar-refractivity contribution in [2.24, 2.45) is 0 Å². The minimum atomic E-state index is -0.195. The molecule has 1 saturated heterocycles. The highest BCUT2D eigenvalue weighted by atomic mass is 32.2. The summed E-state index contributed by atoms with van der Waals surface area (Å²) in [6.07, 6.45) is 1.71. The fraction of sp³-hybridized carbons (Fsp3) is 0.0588. The second kappa shape index (κ2) is 7.04. The van der Waals surface area contributed by atoms with Crippen LogP contribution in [0.3, 0.4) is 0 Å². The number of hydrogen-bond acceptors (Lipinski definition) is 5. The predicted octanol–water partition coefficient (Wildman–Crippen LogP) is 1.78. The number of methoxy groups -OCH3 is 1. The molecule has 5 nitrogen and oxygen atoms in total. The number of rotatable bonds is 4. The van der Waals surface area contributed by atoms with E-state index in [4.69, 9.17) is 17.0 Å². The standard InChI is InChI=1S/C17H14N2O3S2/c1-22-14-9-11(7-8-13(14)20)10-15-16(21)19(17(23)24-15)18-12-5-3-2-4-6-12/h2-10,18,20H,1H3/b15-10-. The molecule has 0 radical (unpaired) electrons. The van der Waals surface area contributed by atoms with Crippen molar-refractivity contribution in [2.45, 2.75) is 0 Å². The lowest BCUT2D eigenvalue weighted by Gasteiger charge is -2.12. The molecule has 1 aliphatic rings. The maximum atomic E-state index is 12.6. The Bertz CT molecular complexity index is 822. The second-order valence-electron chi connectivity index (χ2n) is 5.00. The quantitative estimate of drug-likeness (QED) is 0.297. The molecule has 1 aliphatic heterocycles. The molecule has 3 rings (SSSR count). The van der Waals surface area contributed by atoms with E-state index in [0.717, 1.165) is 5.69 Å². The number of hydrogen-bond donors (Lipinski definition) is 1. The van der Waals surface area contributed by atoms with Gasteiger partial charge in [0.25, 0.3) is 0 Å². The topological polar surface area (TPSA) is 69.2 Å². The van der Waals surface area contributed by atoms with Gasteiger partial charge in [0.15, 0.2) is 10.0 Å². The average Bonchev–Trinajstić information content (AvgIpc) is 2.85. The third-order valence-corrected chi connectivity index (χ3v) is 4.72. The van der Waals surface area contributed by atoms with E-state index in [0.29, 0.717) is 14.8 Å². The van der Waals surface area contributed by atoms with Crippen LogP contribution in [0.15, 0.2) is 53.4 Å². The molecular formula is C17H14N2O3S2. The SMILES string of the molecule is COc1cc(/C=C2\SC(=S)N([NH2+]c3ccccc3)C2=O)ccc1[O-]. The summed E-state index contributed by atoms with van der Waals surface area (Å²) in [5.74, 6) is -0.131. The monoisotopic (exact) mass is 358 g/mol. The van der Waals surface area contributed by atoms with Gasteiger partial charge in [-0.25, -0.2) is 5.43 Å². The Hall–Kier alpha value is -2.35. The molecule has 2 aromatic carbocycles. The van der Waals surface area contributed by atoms with E-state index in [9.17, 15) is 9.90 Å². The van der Waals surface area contributed by atoms with Gasteiger partial charge < -0.3 is 9.84 Å². The molecule has 0 atom stereocenters. The molecule has 7 heteroatoms. The molecule has 24 heavy (non-hydrogen) atoms. The molecular weight excluding hydrogens is 344 g/mol. The van der Waals surface area contributed by atoms with E-state index in [2.05, 4.69) is 0 Å². The predicted molar refractivity (Wildman–Crippen MR) is 95.5 cm³/mol. The summed E-state index contributed by atoms with van der Waals surface area (Å²) < 4.78 is 5.50. The summed E-state index contributed by atoms with van der Waals surface area (Å²) >= 11 is 6.53. The minimum Gasteiger partial charge on any atom is -0.870 e. The average molecular weight is 358 g/mol. The normalized spacial score (nSPS) is 16.0. The van der Waals surface area contributed by atoms with Gasteiger partial charge in [0.1, 0.15) is 5.75 Å². The first-order valence-corrected chi connectivity index (χ1v) is 8.33. The Kier molecular flexibility index (Phi) is 4.84. The van der Waals surface area contributed by atoms with Crippen molar-refractivity contribution in [1.29, 1.82) is 0 Å². The number of carbonyl (C=O) groups is 1. The molecule has 0 unspecified atom stereocenters. The van der Waals surface area contributed by atoms with E-state index in [-0.39, 0.29) is 17.4 Å². The molecule has 0 bridgehead atoms. The van der Waals surface area contributed by atoms with Gasteiger partial charge in [0.2, 0.25) is 0 Å². The van der Waals surface area contributed by atoms with Crippen LogP contribution < -0.4 is 15.3 Å². The highest BCUT2D eigenvalue weighted by molar-refractivity contribution is 8.26. The van der Waals surface area contributed by atoms with Crippen LogP contribution in [0.25, 0.3) is 6.08 Å². The van der Waals surface area contributed by atoms with Crippen LogP contribution in [0.2, 0.25) is 0 Å². The van der Waals surface area contributed by atoms with Gasteiger partial charge >= 0.3 is 5.91 Å². The summed E-state index contributed by atoms with van der Waals surface area (Å²) in [6, 6.07) is 14.2. The Morgan fingerprint density at radius 2 is 2.00 bits per heavy atom. The molecule has 2 N–H and O–H groups in total. The summed E-state index contributed by atoms with van der Waals surface area (Å²) in [4.78, 5) is 13.1. The lowest BCUT2D eigenvalue weighted by molar-refractivity contribution is -0.693. The zero-order valence-electron chi connectivity index (χ0n) is 12.8. The van der Waals surface area contributed by atoms with Crippen molar-refractivity contribution < 1.29 is 20.1 Å². The van der Waals surface area contributed by atoms with E-state index < -0.39 is 0 Å². The Labute approximate surface area is 148 Å². The zero-order valence-corrected chi connectivity index (χ0v) is 14.4. The van der Waals surface area contributed by atoms with Gasteiger partial charge in [-0.1, -0.05) is 36.1 Å². The molecule has 1 amide bonds. The van der Waals surface area contributed by atoms with Crippen molar-refractivity contribution in [2.75, 3.05) is 7.11 Å². The number of carbonyl (C=O) groups excluding carboxylic acids is 1. The summed E-state index contributed by atoms with van der Waals surface area (Å²) in [6.45, 7) is 0. The van der Waals surface area contributed by atoms with Crippen molar-refractivity contribution in [3.8, 4) is 11.5 Å². The summed E-state index contributed by atoms with van der Waals surface area (Å²) in [7, 11) is 1.44. The van der Waals surface area contributed by atoms with Crippen molar-refractivity contribution in [1.82, 2.24) is 5.01 Å². The van der Waals surface area contributed by atoms with Gasteiger partial charge in [-0.2, -0.15) is 0 Å². The maximum absolute atomic E-state index is 12.6. The fourth-order valence-electron chi connectivity index (χ4n) is 2.20. The number of quaternary nitrogens is 1. The number of thioether (sulfide) groups is 1. The van der Waals surface area contributed by atoms with Crippen LogP contribution >= 0.6 is 24.0 Å². The Morgan fingerprint density at radius 3 is 2.71 bits per heavy atom. The zero-order chi connectivity index (χ0) is 17.1. The first-order chi connectivity index (χ1) is 11.6. The highest BCUT2D eigenvalue weighted by Gasteiger charge is 2.35. The first kappa shape index (κ1) is 16.5. The van der Waals surface area contributed by atoms with E-state index >= 15 is 0 Å². The number of thiocarbonyl (C=S) groups is 1. The highest BCUT2D eigenvalue weighted by Crippen LogP contribution is 2.32. The summed E-state index contributed by atoms with van der Waals surface area (Å²) in [5, 5.41) is 13.0. The fourth-order valence-corrected chi connectivity index (χ4v) is 3.41. The first-order valence-electron chi connectivity index (χ1n) is 7.10. The molecule has 122 valence electrons. The van der Waals surface area contributed by atoms with Crippen LogP contribution in [0.4, 0.5) is 5.69 Å².